The lowest BCUT2D eigenvalue weighted by Gasteiger charge is -2.13. The molecule has 0 aromatic heterocycles. The van der Waals surface area contributed by atoms with E-state index in [1.54, 1.807) is 13.8 Å². The predicted molar refractivity (Wildman–Crippen MR) is 71.5 cm³/mol. The maximum Gasteiger partial charge on any atom is 0.341 e. The highest BCUT2D eigenvalue weighted by molar-refractivity contribution is 5.99. The van der Waals surface area contributed by atoms with Gasteiger partial charge < -0.3 is 18.9 Å². The number of carbonyl (C=O) groups excluding carboxylic acids is 2. The van der Waals surface area contributed by atoms with Crippen molar-refractivity contribution in [1.29, 1.82) is 0 Å². The van der Waals surface area contributed by atoms with Gasteiger partial charge in [-0.15, -0.1) is 0 Å². The minimum atomic E-state index is -0.572. The van der Waals surface area contributed by atoms with Crippen LogP contribution in [0.4, 0.5) is 0 Å². The zero-order valence-corrected chi connectivity index (χ0v) is 12.0. The fraction of sp³-hybridized carbons (Fsp3) is 0.429. The summed E-state index contributed by atoms with van der Waals surface area (Å²) in [5, 5.41) is 0. The quantitative estimate of drug-likeness (QED) is 0.744. The Hall–Kier alpha value is -2.24. The molecule has 20 heavy (non-hydrogen) atoms. The normalized spacial score (nSPS) is 9.80. The molecule has 0 atom stereocenters. The van der Waals surface area contributed by atoms with Crippen LogP contribution in [0.25, 0.3) is 0 Å². The second kappa shape index (κ2) is 7.37. The smallest absolute Gasteiger partial charge is 0.341 e. The summed E-state index contributed by atoms with van der Waals surface area (Å²) in [5.74, 6) is -0.600. The topological polar surface area (TPSA) is 71.1 Å². The molecule has 0 N–H and O–H groups in total. The first-order valence-corrected chi connectivity index (χ1v) is 6.19. The van der Waals surface area contributed by atoms with E-state index in [4.69, 9.17) is 18.9 Å². The van der Waals surface area contributed by atoms with Crippen molar-refractivity contribution in [3.05, 3.63) is 23.3 Å². The fourth-order valence-corrected chi connectivity index (χ4v) is 1.64. The van der Waals surface area contributed by atoms with Gasteiger partial charge >= 0.3 is 11.9 Å². The summed E-state index contributed by atoms with van der Waals surface area (Å²) in [6, 6.07) is 2.81. The van der Waals surface area contributed by atoms with Crippen LogP contribution in [0, 0.1) is 0 Å². The van der Waals surface area contributed by atoms with Crippen LogP contribution in [-0.2, 0) is 9.47 Å². The third-order valence-electron chi connectivity index (χ3n) is 2.51. The van der Waals surface area contributed by atoms with E-state index < -0.39 is 11.9 Å². The van der Waals surface area contributed by atoms with Crippen LogP contribution in [0.5, 0.6) is 11.5 Å². The zero-order valence-electron chi connectivity index (χ0n) is 12.0. The molecule has 0 heterocycles. The van der Waals surface area contributed by atoms with E-state index in [9.17, 15) is 9.59 Å². The molecule has 0 aliphatic heterocycles. The van der Waals surface area contributed by atoms with Gasteiger partial charge in [-0.1, -0.05) is 0 Å². The molecule has 0 saturated heterocycles. The van der Waals surface area contributed by atoms with Crippen LogP contribution < -0.4 is 9.47 Å². The molecule has 0 amide bonds. The number of methoxy groups -OCH3 is 2. The van der Waals surface area contributed by atoms with Crippen molar-refractivity contribution in [2.45, 2.75) is 13.8 Å². The van der Waals surface area contributed by atoms with Crippen LogP contribution in [0.1, 0.15) is 34.6 Å². The molecule has 0 fully saturated rings. The summed E-state index contributed by atoms with van der Waals surface area (Å²) < 4.78 is 20.1. The summed E-state index contributed by atoms with van der Waals surface area (Å²) in [6.07, 6.45) is 0. The van der Waals surface area contributed by atoms with Gasteiger partial charge in [-0.05, 0) is 19.9 Å². The fourth-order valence-electron chi connectivity index (χ4n) is 1.64. The minimum Gasteiger partial charge on any atom is -0.496 e. The van der Waals surface area contributed by atoms with Gasteiger partial charge in [-0.2, -0.15) is 0 Å². The number of hydrogen-bond donors (Lipinski definition) is 0. The Morgan fingerprint density at radius 3 is 1.55 bits per heavy atom. The number of hydrogen-bond acceptors (Lipinski definition) is 6. The molecule has 0 aliphatic rings. The van der Waals surface area contributed by atoms with E-state index in [-0.39, 0.29) is 35.8 Å². The Labute approximate surface area is 117 Å². The molecule has 0 unspecified atom stereocenters. The Bertz CT molecular complexity index is 453. The summed E-state index contributed by atoms with van der Waals surface area (Å²) in [6.45, 7) is 3.84. The average Bonchev–Trinajstić information content (AvgIpc) is 2.46. The monoisotopic (exact) mass is 282 g/mol. The van der Waals surface area contributed by atoms with Crippen molar-refractivity contribution in [1.82, 2.24) is 0 Å². The van der Waals surface area contributed by atoms with Crippen molar-refractivity contribution in [2.24, 2.45) is 0 Å². The lowest BCUT2D eigenvalue weighted by Crippen LogP contribution is -2.12. The lowest BCUT2D eigenvalue weighted by molar-refractivity contribution is 0.0521. The second-order valence-electron chi connectivity index (χ2n) is 3.69. The second-order valence-corrected chi connectivity index (χ2v) is 3.69. The van der Waals surface area contributed by atoms with Gasteiger partial charge in [0, 0.05) is 6.07 Å². The van der Waals surface area contributed by atoms with E-state index in [1.807, 2.05) is 0 Å². The van der Waals surface area contributed by atoms with Gasteiger partial charge in [0.25, 0.3) is 0 Å². The van der Waals surface area contributed by atoms with Crippen molar-refractivity contribution in [2.75, 3.05) is 27.4 Å². The maximum absolute atomic E-state index is 11.9. The Balaban J connectivity index is 3.32. The minimum absolute atomic E-state index is 0.151. The molecule has 1 rings (SSSR count). The van der Waals surface area contributed by atoms with Crippen molar-refractivity contribution < 1.29 is 28.5 Å². The van der Waals surface area contributed by atoms with Gasteiger partial charge in [-0.25, -0.2) is 9.59 Å². The third kappa shape index (κ3) is 3.40. The standard InChI is InChI=1S/C14H18O6/c1-5-19-13(15)9-7-10(14(16)20-6-2)12(18-4)8-11(9)17-3/h7-8H,5-6H2,1-4H3. The number of rotatable bonds is 6. The lowest BCUT2D eigenvalue weighted by atomic mass is 10.1. The number of benzene rings is 1. The van der Waals surface area contributed by atoms with Crippen molar-refractivity contribution >= 4 is 11.9 Å². The number of esters is 2. The van der Waals surface area contributed by atoms with Crippen molar-refractivity contribution in [3.63, 3.8) is 0 Å². The summed E-state index contributed by atoms with van der Waals surface area (Å²) in [4.78, 5) is 23.7. The van der Waals surface area contributed by atoms with Crippen molar-refractivity contribution in [3.8, 4) is 11.5 Å². The van der Waals surface area contributed by atoms with E-state index in [2.05, 4.69) is 0 Å². The van der Waals surface area contributed by atoms with Gasteiger partial charge in [-0.3, -0.25) is 0 Å². The van der Waals surface area contributed by atoms with Gasteiger partial charge in [0.15, 0.2) is 0 Å². The Morgan fingerprint density at radius 2 is 1.25 bits per heavy atom. The van der Waals surface area contributed by atoms with E-state index in [1.165, 1.54) is 26.4 Å². The zero-order chi connectivity index (χ0) is 15.1. The highest BCUT2D eigenvalue weighted by Gasteiger charge is 2.22. The molecule has 0 spiro atoms. The number of carbonyl (C=O) groups is 2. The molecule has 0 aliphatic carbocycles. The molecule has 1 aromatic carbocycles. The van der Waals surface area contributed by atoms with E-state index >= 15 is 0 Å². The molecule has 1 aromatic rings. The van der Waals surface area contributed by atoms with Gasteiger partial charge in [0.2, 0.25) is 0 Å². The summed E-state index contributed by atoms with van der Waals surface area (Å²) in [5.41, 5.74) is 0.302. The van der Waals surface area contributed by atoms with Gasteiger partial charge in [0.1, 0.15) is 22.6 Å². The molecule has 0 bridgehead atoms. The van der Waals surface area contributed by atoms with E-state index in [0.717, 1.165) is 0 Å². The molecule has 0 saturated carbocycles. The summed E-state index contributed by atoms with van der Waals surface area (Å²) in [7, 11) is 2.84. The van der Waals surface area contributed by atoms with Gasteiger partial charge in [0.05, 0.1) is 27.4 Å². The molecular formula is C14H18O6. The molecule has 110 valence electrons. The first kappa shape index (κ1) is 15.8. The third-order valence-corrected chi connectivity index (χ3v) is 2.51. The first-order chi connectivity index (χ1) is 9.58. The van der Waals surface area contributed by atoms with Crippen LogP contribution >= 0.6 is 0 Å². The van der Waals surface area contributed by atoms with Crippen LogP contribution in [0.3, 0.4) is 0 Å². The highest BCUT2D eigenvalue weighted by Crippen LogP contribution is 2.30. The SMILES string of the molecule is CCOC(=O)c1cc(C(=O)OCC)c(OC)cc1OC. The molecule has 6 nitrogen and oxygen atoms in total. The molecule has 0 radical (unpaired) electrons. The summed E-state index contributed by atoms with van der Waals surface area (Å²) >= 11 is 0. The van der Waals surface area contributed by atoms with Crippen LogP contribution in [-0.4, -0.2) is 39.4 Å². The molecular weight excluding hydrogens is 264 g/mol. The van der Waals surface area contributed by atoms with Crippen LogP contribution in [0.15, 0.2) is 12.1 Å². The Kier molecular flexibility index (Phi) is 5.83. The highest BCUT2D eigenvalue weighted by atomic mass is 16.5. The first-order valence-electron chi connectivity index (χ1n) is 6.19. The molecule has 6 heteroatoms. The number of ether oxygens (including phenoxy) is 4. The average molecular weight is 282 g/mol. The largest absolute Gasteiger partial charge is 0.496 e. The Morgan fingerprint density at radius 1 is 0.850 bits per heavy atom. The van der Waals surface area contributed by atoms with Crippen LogP contribution in [0.2, 0.25) is 0 Å². The van der Waals surface area contributed by atoms with E-state index in [0.29, 0.717) is 0 Å². The predicted octanol–water partition coefficient (Wildman–Crippen LogP) is 2.06. The maximum atomic E-state index is 11.9.